The summed E-state index contributed by atoms with van der Waals surface area (Å²) in [5, 5.41) is 6.34. The summed E-state index contributed by atoms with van der Waals surface area (Å²) in [5.41, 5.74) is 6.63. The van der Waals surface area contributed by atoms with Gasteiger partial charge in [-0.15, -0.1) is 0 Å². The monoisotopic (exact) mass is 385 g/mol. The molecule has 2 aromatic heterocycles. The van der Waals surface area contributed by atoms with Crippen LogP contribution in [0.1, 0.15) is 26.2 Å². The zero-order chi connectivity index (χ0) is 20.1. The molecule has 1 saturated carbocycles. The van der Waals surface area contributed by atoms with Crippen molar-refractivity contribution < 1.29 is 9.59 Å². The van der Waals surface area contributed by atoms with Crippen molar-refractivity contribution in [2.75, 3.05) is 25.5 Å². The highest BCUT2D eigenvalue weighted by Crippen LogP contribution is 2.37. The highest BCUT2D eigenvalue weighted by atomic mass is 16.2. The number of H-pyrrole nitrogens is 1. The molecular formula is C19H27N7O2. The summed E-state index contributed by atoms with van der Waals surface area (Å²) in [4.78, 5) is 36.0. The van der Waals surface area contributed by atoms with Crippen molar-refractivity contribution in [2.45, 2.75) is 26.2 Å². The number of fused-ring (bicyclic) bond motifs is 2. The van der Waals surface area contributed by atoms with Gasteiger partial charge in [0.1, 0.15) is 17.8 Å². The first-order chi connectivity index (χ1) is 13.5. The molecular weight excluding hydrogens is 358 g/mol. The van der Waals surface area contributed by atoms with E-state index < -0.39 is 5.91 Å². The average molecular weight is 385 g/mol. The first-order valence-corrected chi connectivity index (χ1v) is 9.47. The molecule has 9 heteroatoms. The molecule has 4 rings (SSSR count). The second-order valence-corrected chi connectivity index (χ2v) is 7.25. The Bertz CT molecular complexity index is 860. The van der Waals surface area contributed by atoms with Crippen LogP contribution in [-0.2, 0) is 4.79 Å². The molecule has 2 aliphatic rings. The van der Waals surface area contributed by atoms with E-state index in [-0.39, 0.29) is 6.03 Å². The van der Waals surface area contributed by atoms with Crippen molar-refractivity contribution in [1.82, 2.24) is 25.2 Å². The van der Waals surface area contributed by atoms with E-state index in [1.165, 1.54) is 31.7 Å². The standard InChI is InChI=1S/C12H19N3O2.C7H8N4/c1-8(13)5-11(16)14-12(17)15-6-9-3-2-4-10(9)7-15;1-8-6-5-2-3-9-7(5)11-4-10-6/h5,9-10H,2-4,6-7,13H2,1H3,(H,14,16,17);2-4H,1H3,(H2,8,9,10,11)/b8-5-;/t9-,10?;/m1./s1. The van der Waals surface area contributed by atoms with Gasteiger partial charge >= 0.3 is 6.03 Å². The van der Waals surface area contributed by atoms with Crippen molar-refractivity contribution in [3.8, 4) is 0 Å². The fourth-order valence-electron chi connectivity index (χ4n) is 3.90. The quantitative estimate of drug-likeness (QED) is 0.584. The highest BCUT2D eigenvalue weighted by molar-refractivity contribution is 6.00. The van der Waals surface area contributed by atoms with E-state index in [1.54, 1.807) is 11.8 Å². The van der Waals surface area contributed by atoms with Crippen LogP contribution in [0.15, 0.2) is 30.4 Å². The number of carbonyl (C=O) groups is 2. The molecule has 1 saturated heterocycles. The topological polar surface area (TPSA) is 129 Å². The van der Waals surface area contributed by atoms with Gasteiger partial charge in [-0.3, -0.25) is 10.1 Å². The van der Waals surface area contributed by atoms with Crippen molar-refractivity contribution in [3.05, 3.63) is 30.4 Å². The Morgan fingerprint density at radius 1 is 1.29 bits per heavy atom. The largest absolute Gasteiger partial charge is 0.402 e. The molecule has 5 N–H and O–H groups in total. The summed E-state index contributed by atoms with van der Waals surface area (Å²) < 4.78 is 0. The zero-order valence-electron chi connectivity index (χ0n) is 16.2. The van der Waals surface area contributed by atoms with Crippen LogP contribution >= 0.6 is 0 Å². The summed E-state index contributed by atoms with van der Waals surface area (Å²) in [6.45, 7) is 3.19. The van der Waals surface area contributed by atoms with Crippen molar-refractivity contribution >= 4 is 28.8 Å². The predicted molar refractivity (Wildman–Crippen MR) is 107 cm³/mol. The minimum atomic E-state index is -0.438. The third-order valence-electron chi connectivity index (χ3n) is 5.19. The van der Waals surface area contributed by atoms with Gasteiger partial charge in [0.15, 0.2) is 0 Å². The van der Waals surface area contributed by atoms with Crippen molar-refractivity contribution in [1.29, 1.82) is 0 Å². The van der Waals surface area contributed by atoms with Crippen LogP contribution < -0.4 is 16.4 Å². The first kappa shape index (κ1) is 19.7. The van der Waals surface area contributed by atoms with Crippen LogP contribution in [0.2, 0.25) is 0 Å². The number of anilines is 1. The number of nitrogens with two attached hydrogens (primary N) is 1. The number of urea groups is 1. The second-order valence-electron chi connectivity index (χ2n) is 7.25. The molecule has 9 nitrogen and oxygen atoms in total. The number of aromatic nitrogens is 3. The number of nitrogens with one attached hydrogen (secondary N) is 3. The number of nitrogens with zero attached hydrogens (tertiary/aromatic N) is 3. The lowest BCUT2D eigenvalue weighted by Crippen LogP contribution is -2.41. The Morgan fingerprint density at radius 3 is 2.64 bits per heavy atom. The van der Waals surface area contributed by atoms with Crippen molar-refractivity contribution in [2.24, 2.45) is 17.6 Å². The molecule has 3 heterocycles. The second kappa shape index (κ2) is 8.73. The molecule has 0 spiro atoms. The van der Waals surface area contributed by atoms with Crippen LogP contribution in [-0.4, -0.2) is 51.9 Å². The molecule has 0 aromatic carbocycles. The molecule has 3 amide bonds. The van der Waals surface area contributed by atoms with Gasteiger partial charge in [-0.25, -0.2) is 14.8 Å². The Hall–Kier alpha value is -3.10. The van der Waals surface area contributed by atoms with Gasteiger partial charge < -0.3 is 20.9 Å². The number of imide groups is 1. The SMILES string of the molecule is C/C(N)=C/C(=O)NC(=O)N1CC2CCC[C@@H]2C1.CNc1ncnc2[nH]ccc12. The number of allylic oxidation sites excluding steroid dienone is 1. The molecule has 2 fully saturated rings. The van der Waals surface area contributed by atoms with E-state index in [2.05, 4.69) is 25.6 Å². The van der Waals surface area contributed by atoms with Crippen LogP contribution in [0.5, 0.6) is 0 Å². The highest BCUT2D eigenvalue weighted by Gasteiger charge is 2.38. The number of aromatic amines is 1. The predicted octanol–water partition coefficient (Wildman–Crippen LogP) is 1.82. The minimum Gasteiger partial charge on any atom is -0.402 e. The summed E-state index contributed by atoms with van der Waals surface area (Å²) >= 11 is 0. The van der Waals surface area contributed by atoms with E-state index in [9.17, 15) is 9.59 Å². The third kappa shape index (κ3) is 4.59. The maximum absolute atomic E-state index is 11.8. The van der Waals surface area contributed by atoms with Crippen molar-refractivity contribution in [3.63, 3.8) is 0 Å². The smallest absolute Gasteiger partial charge is 0.324 e. The third-order valence-corrected chi connectivity index (χ3v) is 5.19. The van der Waals surface area contributed by atoms with Crippen LogP contribution in [0, 0.1) is 11.8 Å². The molecule has 28 heavy (non-hydrogen) atoms. The van der Waals surface area contributed by atoms with E-state index >= 15 is 0 Å². The number of likely N-dealkylation sites (tertiary alicyclic amines) is 1. The van der Waals surface area contributed by atoms with Gasteiger partial charge in [0.25, 0.3) is 5.91 Å². The van der Waals surface area contributed by atoms with Gasteiger partial charge in [-0.1, -0.05) is 6.42 Å². The molecule has 2 atom stereocenters. The summed E-state index contributed by atoms with van der Waals surface area (Å²) in [7, 11) is 1.84. The maximum Gasteiger partial charge on any atom is 0.324 e. The fourth-order valence-corrected chi connectivity index (χ4v) is 3.90. The Labute approximate surface area is 163 Å². The van der Waals surface area contributed by atoms with Gasteiger partial charge in [-0.05, 0) is 37.7 Å². The van der Waals surface area contributed by atoms with Crippen LogP contribution in [0.25, 0.3) is 11.0 Å². The lowest BCUT2D eigenvalue weighted by atomic mass is 10.0. The minimum absolute atomic E-state index is 0.290. The van der Waals surface area contributed by atoms with Gasteiger partial charge in [0.2, 0.25) is 0 Å². The molecule has 1 aliphatic carbocycles. The average Bonchev–Trinajstić information content (AvgIpc) is 3.36. The number of amides is 3. The molecule has 0 bridgehead atoms. The van der Waals surface area contributed by atoms with Gasteiger partial charge in [0, 0.05) is 38.1 Å². The fraction of sp³-hybridized carbons (Fsp3) is 0.474. The molecule has 1 aliphatic heterocycles. The summed E-state index contributed by atoms with van der Waals surface area (Å²) in [5.74, 6) is 1.70. The first-order valence-electron chi connectivity index (χ1n) is 9.47. The lowest BCUT2D eigenvalue weighted by molar-refractivity contribution is -0.115. The Kier molecular flexibility index (Phi) is 6.13. The zero-order valence-corrected chi connectivity index (χ0v) is 16.2. The number of rotatable bonds is 2. The normalized spacial score (nSPS) is 21.1. The van der Waals surface area contributed by atoms with E-state index in [1.807, 2.05) is 19.3 Å². The van der Waals surface area contributed by atoms with E-state index in [0.29, 0.717) is 17.5 Å². The maximum atomic E-state index is 11.8. The number of hydrogen-bond acceptors (Lipinski definition) is 6. The number of carbonyl (C=O) groups excluding carboxylic acids is 2. The molecule has 0 radical (unpaired) electrons. The van der Waals surface area contributed by atoms with Gasteiger partial charge in [0.05, 0.1) is 5.39 Å². The van der Waals surface area contributed by atoms with E-state index in [4.69, 9.17) is 5.73 Å². The van der Waals surface area contributed by atoms with E-state index in [0.717, 1.165) is 29.9 Å². The molecule has 150 valence electrons. The Balaban J connectivity index is 0.000000176. The van der Waals surface area contributed by atoms with Gasteiger partial charge in [-0.2, -0.15) is 0 Å². The Morgan fingerprint density at radius 2 is 2.00 bits per heavy atom. The number of hydrogen-bond donors (Lipinski definition) is 4. The molecule has 1 unspecified atom stereocenters. The lowest BCUT2D eigenvalue weighted by Gasteiger charge is -2.16. The summed E-state index contributed by atoms with van der Waals surface area (Å²) in [6, 6.07) is 1.66. The van der Waals surface area contributed by atoms with Crippen LogP contribution in [0.4, 0.5) is 10.6 Å². The van der Waals surface area contributed by atoms with Crippen LogP contribution in [0.3, 0.4) is 0 Å². The summed E-state index contributed by atoms with van der Waals surface area (Å²) in [6.07, 6.45) is 8.31. The molecule has 2 aromatic rings.